The lowest BCUT2D eigenvalue weighted by atomic mass is 10.1. The number of halogens is 1. The fourth-order valence-electron chi connectivity index (χ4n) is 3.36. The number of carbonyl (C=O) groups excluding carboxylic acids is 1. The van der Waals surface area contributed by atoms with Crippen LogP contribution < -0.4 is 10.2 Å². The van der Waals surface area contributed by atoms with E-state index in [1.54, 1.807) is 0 Å². The molecule has 3 aromatic rings. The first-order valence-electron chi connectivity index (χ1n) is 8.82. The van der Waals surface area contributed by atoms with Gasteiger partial charge < -0.3 is 14.6 Å². The van der Waals surface area contributed by atoms with E-state index in [2.05, 4.69) is 31.1 Å². The van der Waals surface area contributed by atoms with Crippen LogP contribution in [0.3, 0.4) is 0 Å². The summed E-state index contributed by atoms with van der Waals surface area (Å²) < 4.78 is 6.91. The van der Waals surface area contributed by atoms with Crippen molar-refractivity contribution in [3.63, 3.8) is 0 Å². The van der Waals surface area contributed by atoms with E-state index in [-0.39, 0.29) is 11.9 Å². The van der Waals surface area contributed by atoms with Gasteiger partial charge in [0.25, 0.3) is 6.01 Å². The molecule has 0 bridgehead atoms. The highest BCUT2D eigenvalue weighted by atomic mass is 79.9. The van der Waals surface area contributed by atoms with Crippen molar-refractivity contribution in [3.05, 3.63) is 58.6 Å². The van der Waals surface area contributed by atoms with Gasteiger partial charge in [0, 0.05) is 17.6 Å². The Morgan fingerprint density at radius 2 is 2.04 bits per heavy atom. The van der Waals surface area contributed by atoms with Crippen molar-refractivity contribution in [2.24, 2.45) is 0 Å². The van der Waals surface area contributed by atoms with Crippen LogP contribution in [0.4, 0.5) is 6.01 Å². The molecule has 1 unspecified atom stereocenters. The van der Waals surface area contributed by atoms with Gasteiger partial charge in [0.15, 0.2) is 5.58 Å². The third-order valence-corrected chi connectivity index (χ3v) is 5.25. The molecule has 1 amide bonds. The Morgan fingerprint density at radius 1 is 1.23 bits per heavy atom. The fourth-order valence-corrected chi connectivity index (χ4v) is 3.63. The summed E-state index contributed by atoms with van der Waals surface area (Å²) in [6.45, 7) is 1.51. The van der Waals surface area contributed by atoms with Crippen LogP contribution in [0.1, 0.15) is 18.4 Å². The topological polar surface area (TPSA) is 58.4 Å². The van der Waals surface area contributed by atoms with Gasteiger partial charge in [0.05, 0.1) is 12.5 Å². The zero-order valence-corrected chi connectivity index (χ0v) is 15.9. The lowest BCUT2D eigenvalue weighted by molar-refractivity contribution is -0.120. The summed E-state index contributed by atoms with van der Waals surface area (Å²) in [6, 6.07) is 16.5. The molecule has 6 heteroatoms. The van der Waals surface area contributed by atoms with Gasteiger partial charge in [-0.15, -0.1) is 0 Å². The highest BCUT2D eigenvalue weighted by Crippen LogP contribution is 2.28. The monoisotopic (exact) mass is 413 g/mol. The van der Waals surface area contributed by atoms with E-state index in [0.29, 0.717) is 19.0 Å². The number of hydrogen-bond donors (Lipinski definition) is 1. The number of para-hydroxylation sites is 2. The largest absolute Gasteiger partial charge is 0.423 e. The molecule has 0 aliphatic carbocycles. The lowest BCUT2D eigenvalue weighted by Crippen LogP contribution is -2.40. The Labute approximate surface area is 160 Å². The molecule has 1 atom stereocenters. The molecule has 134 valence electrons. The maximum absolute atomic E-state index is 12.3. The van der Waals surface area contributed by atoms with Crippen molar-refractivity contribution in [3.8, 4) is 0 Å². The molecule has 5 nitrogen and oxygen atoms in total. The summed E-state index contributed by atoms with van der Waals surface area (Å²) in [4.78, 5) is 19.0. The zero-order valence-electron chi connectivity index (χ0n) is 14.3. The number of benzene rings is 2. The van der Waals surface area contributed by atoms with Crippen LogP contribution in [-0.2, 0) is 11.2 Å². The van der Waals surface area contributed by atoms with E-state index in [0.717, 1.165) is 40.5 Å². The zero-order chi connectivity index (χ0) is 17.9. The number of nitrogens with one attached hydrogen (secondary N) is 1. The SMILES string of the molecule is O=C(Cc1ccc(Br)cc1)NCC1CCCN1c1nc2ccccc2o1. The minimum Gasteiger partial charge on any atom is -0.423 e. The lowest BCUT2D eigenvalue weighted by Gasteiger charge is -2.23. The van der Waals surface area contributed by atoms with Crippen molar-refractivity contribution in [1.29, 1.82) is 0 Å². The van der Waals surface area contributed by atoms with Gasteiger partial charge in [-0.2, -0.15) is 4.98 Å². The Morgan fingerprint density at radius 3 is 2.85 bits per heavy atom. The van der Waals surface area contributed by atoms with Crippen LogP contribution in [0.25, 0.3) is 11.1 Å². The van der Waals surface area contributed by atoms with E-state index in [1.165, 1.54) is 0 Å². The standard InChI is InChI=1S/C20H20BrN3O2/c21-15-9-7-14(8-10-15)12-19(25)22-13-16-4-3-11-24(16)20-23-17-5-1-2-6-18(17)26-20/h1-2,5-10,16H,3-4,11-13H2,(H,22,25). The highest BCUT2D eigenvalue weighted by molar-refractivity contribution is 9.10. The highest BCUT2D eigenvalue weighted by Gasteiger charge is 2.28. The predicted molar refractivity (Wildman–Crippen MR) is 105 cm³/mol. The number of aromatic nitrogens is 1. The minimum absolute atomic E-state index is 0.0386. The van der Waals surface area contributed by atoms with Crippen LogP contribution in [0.2, 0.25) is 0 Å². The van der Waals surface area contributed by atoms with Crippen LogP contribution in [-0.4, -0.2) is 30.0 Å². The first-order chi connectivity index (χ1) is 12.7. The fraction of sp³-hybridized carbons (Fsp3) is 0.300. The van der Waals surface area contributed by atoms with E-state index >= 15 is 0 Å². The molecular formula is C20H20BrN3O2. The number of nitrogens with zero attached hydrogens (tertiary/aromatic N) is 2. The molecule has 1 saturated heterocycles. The Bertz CT molecular complexity index is 874. The summed E-state index contributed by atoms with van der Waals surface area (Å²) in [5.74, 6) is 0.0386. The van der Waals surface area contributed by atoms with Crippen LogP contribution in [0.15, 0.2) is 57.4 Å². The van der Waals surface area contributed by atoms with Gasteiger partial charge in [-0.05, 0) is 42.7 Å². The molecule has 4 rings (SSSR count). The molecule has 2 heterocycles. The number of rotatable bonds is 5. The third kappa shape index (κ3) is 3.75. The van der Waals surface area contributed by atoms with Gasteiger partial charge in [-0.25, -0.2) is 0 Å². The smallest absolute Gasteiger partial charge is 0.298 e. The number of hydrogen-bond acceptors (Lipinski definition) is 4. The van der Waals surface area contributed by atoms with E-state index in [1.807, 2.05) is 48.5 Å². The summed E-state index contributed by atoms with van der Waals surface area (Å²) in [6.07, 6.45) is 2.49. The molecule has 0 saturated carbocycles. The molecule has 1 aliphatic heterocycles. The van der Waals surface area contributed by atoms with E-state index in [4.69, 9.17) is 4.42 Å². The van der Waals surface area contributed by atoms with Gasteiger partial charge >= 0.3 is 0 Å². The first-order valence-corrected chi connectivity index (χ1v) is 9.62. The van der Waals surface area contributed by atoms with Crippen molar-refractivity contribution in [1.82, 2.24) is 10.3 Å². The average molecular weight is 414 g/mol. The van der Waals surface area contributed by atoms with Gasteiger partial charge in [-0.3, -0.25) is 4.79 Å². The average Bonchev–Trinajstić information content (AvgIpc) is 3.28. The van der Waals surface area contributed by atoms with Crippen molar-refractivity contribution in [2.45, 2.75) is 25.3 Å². The van der Waals surface area contributed by atoms with Crippen LogP contribution in [0.5, 0.6) is 0 Å². The first kappa shape index (κ1) is 17.1. The summed E-state index contributed by atoms with van der Waals surface area (Å²) in [5.41, 5.74) is 2.67. The van der Waals surface area contributed by atoms with E-state index in [9.17, 15) is 4.79 Å². The van der Waals surface area contributed by atoms with Crippen LogP contribution in [0, 0.1) is 0 Å². The number of amides is 1. The third-order valence-electron chi connectivity index (χ3n) is 4.72. The molecule has 2 aromatic carbocycles. The Balaban J connectivity index is 1.37. The van der Waals surface area contributed by atoms with Crippen molar-refractivity contribution < 1.29 is 9.21 Å². The number of carbonyl (C=O) groups is 1. The van der Waals surface area contributed by atoms with Gasteiger partial charge in [0.1, 0.15) is 5.52 Å². The molecule has 1 aliphatic rings. The van der Waals surface area contributed by atoms with Crippen LogP contribution >= 0.6 is 15.9 Å². The molecule has 1 N–H and O–H groups in total. The van der Waals surface area contributed by atoms with Gasteiger partial charge in [-0.1, -0.05) is 40.2 Å². The molecular weight excluding hydrogens is 394 g/mol. The molecule has 26 heavy (non-hydrogen) atoms. The Kier molecular flexibility index (Phi) is 4.93. The van der Waals surface area contributed by atoms with E-state index < -0.39 is 0 Å². The predicted octanol–water partition coefficient (Wildman–Crippen LogP) is 3.92. The van der Waals surface area contributed by atoms with Crippen molar-refractivity contribution >= 4 is 39.0 Å². The quantitative estimate of drug-likeness (QED) is 0.688. The number of anilines is 1. The normalized spacial score (nSPS) is 17.0. The second-order valence-electron chi connectivity index (χ2n) is 6.56. The molecule has 0 spiro atoms. The molecule has 1 aromatic heterocycles. The second kappa shape index (κ2) is 7.50. The summed E-state index contributed by atoms with van der Waals surface area (Å²) in [7, 11) is 0. The molecule has 1 fully saturated rings. The van der Waals surface area contributed by atoms with Gasteiger partial charge in [0.2, 0.25) is 5.91 Å². The summed E-state index contributed by atoms with van der Waals surface area (Å²) in [5, 5.41) is 3.06. The minimum atomic E-state index is 0.0386. The summed E-state index contributed by atoms with van der Waals surface area (Å²) >= 11 is 3.41. The maximum atomic E-state index is 12.3. The van der Waals surface area contributed by atoms with Crippen molar-refractivity contribution in [2.75, 3.05) is 18.0 Å². The number of oxazole rings is 1. The maximum Gasteiger partial charge on any atom is 0.298 e. The molecule has 0 radical (unpaired) electrons. The Hall–Kier alpha value is -2.34. The second-order valence-corrected chi connectivity index (χ2v) is 7.48. The number of fused-ring (bicyclic) bond motifs is 1.